The van der Waals surface area contributed by atoms with E-state index in [1.165, 1.54) is 5.56 Å². The molecule has 0 aliphatic carbocycles. The van der Waals surface area contributed by atoms with Gasteiger partial charge in [-0.2, -0.15) is 0 Å². The van der Waals surface area contributed by atoms with Crippen LogP contribution in [0.1, 0.15) is 5.56 Å². The van der Waals surface area contributed by atoms with Gasteiger partial charge in [0.1, 0.15) is 6.17 Å². The Kier molecular flexibility index (Phi) is 4.36. The van der Waals surface area contributed by atoms with Gasteiger partial charge in [-0.15, -0.1) is 12.4 Å². The number of alkyl halides is 1. The largest absolute Gasteiger partial charge is 0.313 e. The molecule has 1 saturated heterocycles. The smallest absolute Gasteiger partial charge is 0.117 e. The molecule has 1 aromatic carbocycles. The Hall–Kier alpha value is -0.600. The maximum Gasteiger partial charge on any atom is 0.117 e. The molecule has 0 amide bonds. The van der Waals surface area contributed by atoms with E-state index in [2.05, 4.69) is 17.4 Å². The molecule has 14 heavy (non-hydrogen) atoms. The van der Waals surface area contributed by atoms with Crippen molar-refractivity contribution in [1.82, 2.24) is 5.32 Å². The van der Waals surface area contributed by atoms with E-state index in [1.54, 1.807) is 0 Å². The predicted molar refractivity (Wildman–Crippen MR) is 58.6 cm³/mol. The molecule has 1 nitrogen and oxygen atoms in total. The summed E-state index contributed by atoms with van der Waals surface area (Å²) in [7, 11) is 0. The third-order valence-electron chi connectivity index (χ3n) is 2.60. The Morgan fingerprint density at radius 2 is 1.93 bits per heavy atom. The van der Waals surface area contributed by atoms with Crippen LogP contribution in [-0.2, 0) is 6.42 Å². The molecule has 78 valence electrons. The van der Waals surface area contributed by atoms with Gasteiger partial charge in [0.25, 0.3) is 0 Å². The summed E-state index contributed by atoms with van der Waals surface area (Å²) >= 11 is 0. The minimum absolute atomic E-state index is 0. The van der Waals surface area contributed by atoms with E-state index < -0.39 is 6.17 Å². The first-order valence-electron chi connectivity index (χ1n) is 4.75. The summed E-state index contributed by atoms with van der Waals surface area (Å²) in [5.41, 5.74) is 1.24. The topological polar surface area (TPSA) is 12.0 Å². The monoisotopic (exact) mass is 215 g/mol. The van der Waals surface area contributed by atoms with E-state index >= 15 is 0 Å². The van der Waals surface area contributed by atoms with Gasteiger partial charge in [0.05, 0.1) is 0 Å². The molecule has 1 N–H and O–H groups in total. The van der Waals surface area contributed by atoms with Crippen LogP contribution in [0.5, 0.6) is 0 Å². The van der Waals surface area contributed by atoms with Crippen molar-refractivity contribution in [3.8, 4) is 0 Å². The summed E-state index contributed by atoms with van der Waals surface area (Å²) in [6.45, 7) is 1.34. The summed E-state index contributed by atoms with van der Waals surface area (Å²) in [5, 5.41) is 3.07. The van der Waals surface area contributed by atoms with Crippen molar-refractivity contribution in [2.75, 3.05) is 13.1 Å². The average molecular weight is 216 g/mol. The van der Waals surface area contributed by atoms with Gasteiger partial charge in [0, 0.05) is 19.0 Å². The number of hydrogen-bond donors (Lipinski definition) is 1. The molecule has 1 heterocycles. The van der Waals surface area contributed by atoms with Crippen LogP contribution in [-0.4, -0.2) is 19.3 Å². The normalized spacial score (nSPS) is 25.8. The molecule has 3 heteroatoms. The number of benzene rings is 1. The molecule has 0 radical (unpaired) electrons. The van der Waals surface area contributed by atoms with Crippen LogP contribution >= 0.6 is 12.4 Å². The lowest BCUT2D eigenvalue weighted by molar-refractivity contribution is 0.282. The lowest BCUT2D eigenvalue weighted by Gasteiger charge is -2.10. The van der Waals surface area contributed by atoms with Gasteiger partial charge in [-0.05, 0) is 12.0 Å². The SMILES string of the molecule is Cl.FC1CNCC1Cc1ccccc1. The van der Waals surface area contributed by atoms with Crippen LogP contribution in [0.4, 0.5) is 4.39 Å². The van der Waals surface area contributed by atoms with Crippen molar-refractivity contribution >= 4 is 12.4 Å². The molecule has 1 aromatic rings. The highest BCUT2D eigenvalue weighted by Gasteiger charge is 2.26. The zero-order chi connectivity index (χ0) is 9.10. The Morgan fingerprint density at radius 1 is 1.21 bits per heavy atom. The van der Waals surface area contributed by atoms with Crippen molar-refractivity contribution in [3.63, 3.8) is 0 Å². The zero-order valence-electron chi connectivity index (χ0n) is 7.95. The first-order chi connectivity index (χ1) is 6.36. The Bertz CT molecular complexity index is 265. The fourth-order valence-electron chi connectivity index (χ4n) is 1.82. The number of rotatable bonds is 2. The van der Waals surface area contributed by atoms with E-state index in [1.807, 2.05) is 18.2 Å². The van der Waals surface area contributed by atoms with Crippen LogP contribution < -0.4 is 5.32 Å². The molecule has 1 aliphatic heterocycles. The summed E-state index contributed by atoms with van der Waals surface area (Å²) in [5.74, 6) is 0.169. The summed E-state index contributed by atoms with van der Waals surface area (Å²) in [4.78, 5) is 0. The van der Waals surface area contributed by atoms with Crippen molar-refractivity contribution in [3.05, 3.63) is 35.9 Å². The fraction of sp³-hybridized carbons (Fsp3) is 0.455. The quantitative estimate of drug-likeness (QED) is 0.798. The second-order valence-corrected chi connectivity index (χ2v) is 3.62. The molecule has 1 fully saturated rings. The van der Waals surface area contributed by atoms with E-state index in [0.29, 0.717) is 6.54 Å². The average Bonchev–Trinajstić information content (AvgIpc) is 2.54. The van der Waals surface area contributed by atoms with Gasteiger partial charge in [-0.1, -0.05) is 30.3 Å². The van der Waals surface area contributed by atoms with E-state index in [0.717, 1.165) is 13.0 Å². The highest BCUT2D eigenvalue weighted by Crippen LogP contribution is 2.17. The van der Waals surface area contributed by atoms with Gasteiger partial charge >= 0.3 is 0 Å². The molecule has 2 rings (SSSR count). The standard InChI is InChI=1S/C11H14FN.ClH/c12-11-8-13-7-10(11)6-9-4-2-1-3-5-9;/h1-5,10-11,13H,6-8H2;1H. The third-order valence-corrected chi connectivity index (χ3v) is 2.60. The maximum atomic E-state index is 13.2. The van der Waals surface area contributed by atoms with E-state index in [-0.39, 0.29) is 18.3 Å². The molecule has 0 spiro atoms. The molecule has 2 atom stereocenters. The number of halogens is 2. The molecule has 0 bridgehead atoms. The highest BCUT2D eigenvalue weighted by molar-refractivity contribution is 5.85. The molecule has 1 aliphatic rings. The summed E-state index contributed by atoms with van der Waals surface area (Å²) in [6.07, 6.45) is 0.190. The minimum Gasteiger partial charge on any atom is -0.313 e. The lowest BCUT2D eigenvalue weighted by Crippen LogP contribution is -2.15. The summed E-state index contributed by atoms with van der Waals surface area (Å²) in [6, 6.07) is 10.1. The Balaban J connectivity index is 0.000000980. The number of nitrogens with one attached hydrogen (secondary N) is 1. The molecule has 0 saturated carbocycles. The van der Waals surface area contributed by atoms with Gasteiger partial charge < -0.3 is 5.32 Å². The lowest BCUT2D eigenvalue weighted by atomic mass is 9.98. The van der Waals surface area contributed by atoms with Crippen LogP contribution in [0.3, 0.4) is 0 Å². The van der Waals surface area contributed by atoms with Crippen LogP contribution in [0, 0.1) is 5.92 Å². The second kappa shape index (κ2) is 5.32. The van der Waals surface area contributed by atoms with Gasteiger partial charge in [-0.3, -0.25) is 0 Å². The Labute approximate surface area is 90.1 Å². The second-order valence-electron chi connectivity index (χ2n) is 3.62. The molecule has 2 unspecified atom stereocenters. The van der Waals surface area contributed by atoms with Gasteiger partial charge in [0.15, 0.2) is 0 Å². The first kappa shape index (κ1) is 11.5. The minimum atomic E-state index is -0.666. The van der Waals surface area contributed by atoms with Crippen LogP contribution in [0.2, 0.25) is 0 Å². The predicted octanol–water partition coefficient (Wildman–Crippen LogP) is 2.21. The molecular formula is C11H15ClFN. The van der Waals surface area contributed by atoms with E-state index in [4.69, 9.17) is 0 Å². The van der Waals surface area contributed by atoms with Crippen molar-refractivity contribution < 1.29 is 4.39 Å². The first-order valence-corrected chi connectivity index (χ1v) is 4.75. The molecule has 0 aromatic heterocycles. The van der Waals surface area contributed by atoms with Gasteiger partial charge in [0.2, 0.25) is 0 Å². The van der Waals surface area contributed by atoms with Crippen molar-refractivity contribution in [2.45, 2.75) is 12.6 Å². The zero-order valence-corrected chi connectivity index (χ0v) is 8.77. The highest BCUT2D eigenvalue weighted by atomic mass is 35.5. The van der Waals surface area contributed by atoms with Crippen molar-refractivity contribution in [2.24, 2.45) is 5.92 Å². The van der Waals surface area contributed by atoms with E-state index in [9.17, 15) is 4.39 Å². The van der Waals surface area contributed by atoms with Crippen molar-refractivity contribution in [1.29, 1.82) is 0 Å². The molecular weight excluding hydrogens is 201 g/mol. The van der Waals surface area contributed by atoms with Gasteiger partial charge in [-0.25, -0.2) is 4.39 Å². The van der Waals surface area contributed by atoms with Crippen LogP contribution in [0.25, 0.3) is 0 Å². The number of hydrogen-bond acceptors (Lipinski definition) is 1. The summed E-state index contributed by atoms with van der Waals surface area (Å²) < 4.78 is 13.2. The third kappa shape index (κ3) is 2.69. The Morgan fingerprint density at radius 3 is 2.50 bits per heavy atom. The maximum absolute atomic E-state index is 13.2. The fourth-order valence-corrected chi connectivity index (χ4v) is 1.82. The van der Waals surface area contributed by atoms with Crippen LogP contribution in [0.15, 0.2) is 30.3 Å².